The fourth-order valence-corrected chi connectivity index (χ4v) is 3.32. The van der Waals surface area contributed by atoms with Crippen molar-refractivity contribution in [3.8, 4) is 0 Å². The fourth-order valence-electron chi connectivity index (χ4n) is 3.32. The molecule has 0 unspecified atom stereocenters. The molecule has 3 aromatic rings. The Hall–Kier alpha value is -4.40. The van der Waals surface area contributed by atoms with E-state index in [1.54, 1.807) is 13.0 Å². The number of hydrogen-bond donors (Lipinski definition) is 2. The summed E-state index contributed by atoms with van der Waals surface area (Å²) in [6.07, 6.45) is 2.79. The summed E-state index contributed by atoms with van der Waals surface area (Å²) in [4.78, 5) is 53.0. The van der Waals surface area contributed by atoms with Crippen LogP contribution in [0.15, 0.2) is 70.3 Å². The Morgan fingerprint density at radius 2 is 1.76 bits per heavy atom. The molecular weight excluding hydrogens is 436 g/mol. The number of ether oxygens (including phenoxy) is 1. The molecule has 0 aliphatic rings. The average molecular weight is 463 g/mol. The van der Waals surface area contributed by atoms with Crippen molar-refractivity contribution >= 4 is 29.5 Å². The van der Waals surface area contributed by atoms with Gasteiger partial charge in [0.25, 0.3) is 11.5 Å². The number of likely N-dealkylation sites (N-methyl/N-ethyl adjacent to an activating group) is 1. The van der Waals surface area contributed by atoms with Crippen LogP contribution in [0.3, 0.4) is 0 Å². The third-order valence-corrected chi connectivity index (χ3v) is 5.11. The Balaban J connectivity index is 1.75. The van der Waals surface area contributed by atoms with Gasteiger partial charge in [-0.2, -0.15) is 0 Å². The van der Waals surface area contributed by atoms with E-state index in [2.05, 4.69) is 4.98 Å². The normalized spacial score (nSPS) is 10.9. The van der Waals surface area contributed by atoms with Crippen LogP contribution in [-0.4, -0.2) is 34.6 Å². The highest BCUT2D eigenvalue weighted by Gasteiger charge is 2.23. The minimum Gasteiger partial charge on any atom is -0.452 e. The maximum Gasteiger partial charge on any atom is 0.331 e. The lowest BCUT2D eigenvalue weighted by Crippen LogP contribution is -2.42. The predicted molar refractivity (Wildman–Crippen MR) is 130 cm³/mol. The molecule has 0 fully saturated rings. The van der Waals surface area contributed by atoms with Gasteiger partial charge in [0, 0.05) is 12.6 Å². The van der Waals surface area contributed by atoms with Crippen molar-refractivity contribution in [3.05, 3.63) is 98.2 Å². The molecule has 9 heteroatoms. The summed E-state index contributed by atoms with van der Waals surface area (Å²) in [6.45, 7) is 3.19. The van der Waals surface area contributed by atoms with Gasteiger partial charge >= 0.3 is 11.7 Å². The Kier molecular flexibility index (Phi) is 7.81. The van der Waals surface area contributed by atoms with Crippen LogP contribution in [0.1, 0.15) is 23.6 Å². The molecule has 34 heavy (non-hydrogen) atoms. The number of aromatic amines is 1. The first-order chi connectivity index (χ1) is 16.3. The number of H-pyrrole nitrogens is 1. The highest BCUT2D eigenvalue weighted by molar-refractivity contribution is 5.98. The van der Waals surface area contributed by atoms with Crippen LogP contribution in [0.25, 0.3) is 6.08 Å². The maximum absolute atomic E-state index is 12.8. The minimum absolute atomic E-state index is 0.0758. The molecule has 0 saturated carbocycles. The Morgan fingerprint density at radius 3 is 2.41 bits per heavy atom. The second kappa shape index (κ2) is 11.0. The molecule has 0 bridgehead atoms. The van der Waals surface area contributed by atoms with E-state index in [-0.39, 0.29) is 24.6 Å². The second-order valence-electron chi connectivity index (χ2n) is 7.55. The summed E-state index contributed by atoms with van der Waals surface area (Å²) in [6, 6.07) is 16.6. The van der Waals surface area contributed by atoms with E-state index in [9.17, 15) is 19.2 Å². The third-order valence-electron chi connectivity index (χ3n) is 5.11. The van der Waals surface area contributed by atoms with Crippen LogP contribution in [0.2, 0.25) is 0 Å². The lowest BCUT2D eigenvalue weighted by molar-refractivity contribution is -0.142. The smallest absolute Gasteiger partial charge is 0.331 e. The molecule has 3 rings (SSSR count). The number of aromatic nitrogens is 2. The highest BCUT2D eigenvalue weighted by atomic mass is 16.5. The summed E-state index contributed by atoms with van der Waals surface area (Å²) in [5.41, 5.74) is 7.19. The summed E-state index contributed by atoms with van der Waals surface area (Å²) in [5, 5.41) is 0. The summed E-state index contributed by atoms with van der Waals surface area (Å²) in [7, 11) is 0. The van der Waals surface area contributed by atoms with Gasteiger partial charge in [-0.3, -0.25) is 19.1 Å². The van der Waals surface area contributed by atoms with Gasteiger partial charge in [-0.05, 0) is 31.1 Å². The predicted octanol–water partition coefficient (Wildman–Crippen LogP) is 2.09. The molecule has 0 saturated heterocycles. The lowest BCUT2D eigenvalue weighted by atomic mass is 10.1. The Labute approximate surface area is 196 Å². The van der Waals surface area contributed by atoms with E-state index >= 15 is 0 Å². The number of aryl methyl sites for hydroxylation is 1. The maximum atomic E-state index is 12.8. The lowest BCUT2D eigenvalue weighted by Gasteiger charge is -2.23. The van der Waals surface area contributed by atoms with Crippen molar-refractivity contribution < 1.29 is 14.3 Å². The van der Waals surface area contributed by atoms with Crippen molar-refractivity contribution in [2.75, 3.05) is 23.8 Å². The summed E-state index contributed by atoms with van der Waals surface area (Å²) < 4.78 is 6.22. The fraction of sp³-hybridized carbons (Fsp3) is 0.200. The number of anilines is 2. The van der Waals surface area contributed by atoms with Gasteiger partial charge in [0.05, 0.1) is 6.54 Å². The standard InChI is InChI=1S/C25H26N4O5/c1-3-28(20(30)16-34-21(31)14-13-18-11-9-17(2)10-12-18)22-23(26)29(25(33)27-24(22)32)15-19-7-5-4-6-8-19/h4-14H,3,15-16,26H2,1-2H3,(H,27,32,33)/b14-13+. The van der Waals surface area contributed by atoms with Crippen LogP contribution in [0.5, 0.6) is 0 Å². The van der Waals surface area contributed by atoms with Gasteiger partial charge in [-0.25, -0.2) is 9.59 Å². The number of rotatable bonds is 8. The average Bonchev–Trinajstić information content (AvgIpc) is 2.83. The zero-order chi connectivity index (χ0) is 24.7. The van der Waals surface area contributed by atoms with E-state index in [1.807, 2.05) is 61.5 Å². The van der Waals surface area contributed by atoms with Gasteiger partial charge in [0.2, 0.25) is 0 Å². The first-order valence-corrected chi connectivity index (χ1v) is 10.7. The molecule has 2 aromatic carbocycles. The van der Waals surface area contributed by atoms with E-state index in [1.165, 1.54) is 10.6 Å². The second-order valence-corrected chi connectivity index (χ2v) is 7.55. The van der Waals surface area contributed by atoms with Crippen molar-refractivity contribution in [1.82, 2.24) is 9.55 Å². The molecule has 0 aliphatic carbocycles. The molecular formula is C25H26N4O5. The minimum atomic E-state index is -0.799. The number of carbonyl (C=O) groups excluding carboxylic acids is 2. The largest absolute Gasteiger partial charge is 0.452 e. The molecule has 1 aromatic heterocycles. The molecule has 0 spiro atoms. The molecule has 0 radical (unpaired) electrons. The van der Waals surface area contributed by atoms with E-state index in [4.69, 9.17) is 10.5 Å². The zero-order valence-corrected chi connectivity index (χ0v) is 19.0. The Morgan fingerprint density at radius 1 is 1.09 bits per heavy atom. The van der Waals surface area contributed by atoms with Gasteiger partial charge < -0.3 is 15.4 Å². The van der Waals surface area contributed by atoms with Gasteiger partial charge in [0.1, 0.15) is 5.82 Å². The highest BCUT2D eigenvalue weighted by Crippen LogP contribution is 2.18. The van der Waals surface area contributed by atoms with Crippen molar-refractivity contribution in [2.24, 2.45) is 0 Å². The monoisotopic (exact) mass is 462 g/mol. The number of esters is 1. The first kappa shape index (κ1) is 24.2. The van der Waals surface area contributed by atoms with Gasteiger partial charge in [-0.15, -0.1) is 0 Å². The van der Waals surface area contributed by atoms with Crippen LogP contribution in [0.4, 0.5) is 11.5 Å². The molecule has 9 nitrogen and oxygen atoms in total. The number of nitrogens with zero attached hydrogens (tertiary/aromatic N) is 2. The van der Waals surface area contributed by atoms with Crippen LogP contribution in [-0.2, 0) is 20.9 Å². The first-order valence-electron chi connectivity index (χ1n) is 10.7. The van der Waals surface area contributed by atoms with E-state index in [0.29, 0.717) is 0 Å². The van der Waals surface area contributed by atoms with E-state index in [0.717, 1.165) is 21.6 Å². The van der Waals surface area contributed by atoms with Gasteiger partial charge in [0.15, 0.2) is 12.3 Å². The number of nitrogens with two attached hydrogens (primary N) is 1. The van der Waals surface area contributed by atoms with Crippen molar-refractivity contribution in [1.29, 1.82) is 0 Å². The zero-order valence-electron chi connectivity index (χ0n) is 19.0. The molecule has 0 atom stereocenters. The van der Waals surface area contributed by atoms with Crippen molar-refractivity contribution in [3.63, 3.8) is 0 Å². The number of carbonyl (C=O) groups is 2. The van der Waals surface area contributed by atoms with Gasteiger partial charge in [-0.1, -0.05) is 60.2 Å². The van der Waals surface area contributed by atoms with Crippen LogP contribution < -0.4 is 21.9 Å². The third kappa shape index (κ3) is 5.89. The van der Waals surface area contributed by atoms with E-state index < -0.39 is 29.7 Å². The summed E-state index contributed by atoms with van der Waals surface area (Å²) >= 11 is 0. The number of benzene rings is 2. The number of hydrogen-bond acceptors (Lipinski definition) is 6. The number of nitrogen functional groups attached to an aromatic ring is 1. The molecule has 176 valence electrons. The van der Waals surface area contributed by atoms with Crippen LogP contribution >= 0.6 is 0 Å². The number of amides is 1. The topological polar surface area (TPSA) is 127 Å². The van der Waals surface area contributed by atoms with Crippen molar-refractivity contribution in [2.45, 2.75) is 20.4 Å². The molecule has 3 N–H and O–H groups in total. The Bertz CT molecular complexity index is 1310. The quantitative estimate of drug-likeness (QED) is 0.390. The number of nitrogens with one attached hydrogen (secondary N) is 1. The molecule has 0 aliphatic heterocycles. The van der Waals surface area contributed by atoms with Crippen LogP contribution in [0, 0.1) is 6.92 Å². The molecule has 1 amide bonds. The SMILES string of the molecule is CCN(C(=O)COC(=O)/C=C/c1ccc(C)cc1)c1c(N)n(Cc2ccccc2)c(=O)[nH]c1=O. The molecule has 1 heterocycles. The summed E-state index contributed by atoms with van der Waals surface area (Å²) in [5.74, 6) is -1.51.